The minimum absolute atomic E-state index is 0.00213. The third kappa shape index (κ3) is 3.61. The van der Waals surface area contributed by atoms with Gasteiger partial charge in [-0.25, -0.2) is 0 Å². The summed E-state index contributed by atoms with van der Waals surface area (Å²) in [5.74, 6) is 0. The van der Waals surface area contributed by atoms with E-state index >= 15 is 0 Å². The number of anilines is 3. The molecule has 0 bridgehead atoms. The van der Waals surface area contributed by atoms with E-state index in [0.29, 0.717) is 0 Å². The topological polar surface area (TPSA) is 21.3 Å². The molecule has 0 saturated carbocycles. The molecule has 0 fully saturated rings. The Balaban J connectivity index is 1.47. The van der Waals surface area contributed by atoms with Gasteiger partial charge < -0.3 is 13.8 Å². The number of aromatic nitrogens is 1. The van der Waals surface area contributed by atoms with Crippen LogP contribution in [0.1, 0.15) is 52.7 Å². The highest BCUT2D eigenvalue weighted by Gasteiger charge is 2.44. The van der Waals surface area contributed by atoms with Gasteiger partial charge in [0.25, 0.3) is 0 Å². The van der Waals surface area contributed by atoms with Crippen molar-refractivity contribution in [3.05, 3.63) is 126 Å². The van der Waals surface area contributed by atoms with Gasteiger partial charge in [0, 0.05) is 61.3 Å². The average Bonchev–Trinajstić information content (AvgIpc) is 3.61. The largest absolute Gasteiger partial charge is 0.456 e. The second-order valence-electron chi connectivity index (χ2n) is 15.8. The van der Waals surface area contributed by atoms with Crippen LogP contribution in [0.5, 0.6) is 0 Å². The minimum atomic E-state index is -0.0350. The Labute approximate surface area is 281 Å². The number of furan rings is 1. The quantitative estimate of drug-likeness (QED) is 0.170. The van der Waals surface area contributed by atoms with Gasteiger partial charge in [-0.05, 0) is 87.0 Å². The number of para-hydroxylation sites is 3. The summed E-state index contributed by atoms with van der Waals surface area (Å²) in [6.07, 6.45) is 0. The van der Waals surface area contributed by atoms with E-state index in [1.165, 1.54) is 77.1 Å². The first kappa shape index (κ1) is 27.9. The van der Waals surface area contributed by atoms with Crippen LogP contribution in [-0.2, 0) is 10.8 Å². The number of hydrogen-bond acceptors (Lipinski definition) is 2. The van der Waals surface area contributed by atoms with Crippen LogP contribution in [0.25, 0.3) is 54.9 Å². The first-order valence-corrected chi connectivity index (χ1v) is 17.1. The van der Waals surface area contributed by atoms with Gasteiger partial charge in [-0.15, -0.1) is 0 Å². The molecule has 232 valence electrons. The number of fused-ring (bicyclic) bond motifs is 11. The number of nitrogens with zero attached hydrogens (tertiary/aromatic N) is 2. The predicted molar refractivity (Wildman–Crippen MR) is 205 cm³/mol. The lowest BCUT2D eigenvalue weighted by atomic mass is 9.45. The van der Waals surface area contributed by atoms with E-state index in [1.807, 2.05) is 0 Å². The van der Waals surface area contributed by atoms with Crippen LogP contribution in [0.15, 0.2) is 120 Å². The minimum Gasteiger partial charge on any atom is -0.456 e. The lowest BCUT2D eigenvalue weighted by Crippen LogP contribution is -2.56. The maximum absolute atomic E-state index is 6.75. The van der Waals surface area contributed by atoms with Crippen molar-refractivity contribution in [1.29, 1.82) is 0 Å². The zero-order valence-corrected chi connectivity index (χ0v) is 28.3. The average molecular weight is 621 g/mol. The molecule has 4 heterocycles. The van der Waals surface area contributed by atoms with Gasteiger partial charge in [0.1, 0.15) is 11.2 Å². The third-order valence-electron chi connectivity index (χ3n) is 10.8. The first-order valence-electron chi connectivity index (χ1n) is 17.1. The Morgan fingerprint density at radius 3 is 2.08 bits per heavy atom. The number of benzene rings is 6. The summed E-state index contributed by atoms with van der Waals surface area (Å²) < 4.78 is 9.42. The molecule has 2 aliphatic rings. The molecule has 0 aliphatic carbocycles. The molecular weight excluding hydrogens is 583 g/mol. The summed E-state index contributed by atoms with van der Waals surface area (Å²) in [6.45, 7) is 14.0. The fraction of sp³-hybridized carbons (Fsp3) is 0.182. The Kier molecular flexibility index (Phi) is 5.36. The molecule has 0 N–H and O–H groups in total. The van der Waals surface area contributed by atoms with E-state index in [0.717, 1.165) is 16.9 Å². The molecule has 2 aromatic heterocycles. The predicted octanol–water partition coefficient (Wildman–Crippen LogP) is 10.7. The fourth-order valence-electron chi connectivity index (χ4n) is 8.50. The van der Waals surface area contributed by atoms with Crippen molar-refractivity contribution in [2.75, 3.05) is 4.90 Å². The van der Waals surface area contributed by atoms with E-state index in [-0.39, 0.29) is 17.7 Å². The van der Waals surface area contributed by atoms with Crippen molar-refractivity contribution < 1.29 is 4.42 Å². The number of rotatable bonds is 1. The van der Waals surface area contributed by atoms with Crippen LogP contribution < -0.4 is 15.8 Å². The summed E-state index contributed by atoms with van der Waals surface area (Å²) in [5.41, 5.74) is 15.9. The van der Waals surface area contributed by atoms with Gasteiger partial charge in [-0.3, -0.25) is 0 Å². The zero-order chi connectivity index (χ0) is 32.7. The molecule has 0 unspecified atom stereocenters. The van der Waals surface area contributed by atoms with Crippen LogP contribution in [0.4, 0.5) is 17.1 Å². The van der Waals surface area contributed by atoms with E-state index < -0.39 is 0 Å². The van der Waals surface area contributed by atoms with Crippen molar-refractivity contribution >= 4 is 78.6 Å². The summed E-state index contributed by atoms with van der Waals surface area (Å²) in [4.78, 5) is 2.45. The van der Waals surface area contributed by atoms with Gasteiger partial charge in [0.2, 0.25) is 0 Å². The normalized spacial score (nSPS) is 14.0. The molecule has 0 atom stereocenters. The highest BCUT2D eigenvalue weighted by atomic mass is 16.3. The standard InChI is InChI=1S/C44H37BN2O/c1-43(2,3)26-20-21-34-30(22-26)31-23-27(44(4,5)6)24-32-40-39-29-16-10-13-19-37(29)48-38(39)25-36-41(40)45(47(34)42(31)32)33-17-11-12-18-35(33)46(36)28-14-8-7-9-15-28/h7-25H,1-6H3. The molecule has 48 heavy (non-hydrogen) atoms. The summed E-state index contributed by atoms with van der Waals surface area (Å²) >= 11 is 0. The lowest BCUT2D eigenvalue weighted by Gasteiger charge is -2.40. The molecular formula is C44H37BN2O. The van der Waals surface area contributed by atoms with Gasteiger partial charge in [-0.2, -0.15) is 0 Å². The molecule has 0 saturated heterocycles. The van der Waals surface area contributed by atoms with Gasteiger partial charge in [0.15, 0.2) is 0 Å². The smallest absolute Gasteiger partial charge is 0.333 e. The van der Waals surface area contributed by atoms with Crippen LogP contribution in [0.2, 0.25) is 0 Å². The Morgan fingerprint density at radius 1 is 0.583 bits per heavy atom. The van der Waals surface area contributed by atoms with Crippen molar-refractivity contribution in [3.63, 3.8) is 0 Å². The molecule has 0 amide bonds. The molecule has 8 aromatic rings. The zero-order valence-electron chi connectivity index (χ0n) is 28.3. The van der Waals surface area contributed by atoms with Gasteiger partial charge in [-0.1, -0.05) is 102 Å². The summed E-state index contributed by atoms with van der Waals surface area (Å²) in [7, 11) is 0. The van der Waals surface area contributed by atoms with E-state index in [2.05, 4.69) is 166 Å². The highest BCUT2D eigenvalue weighted by molar-refractivity contribution is 6.90. The Bertz CT molecular complexity index is 2650. The molecule has 6 aromatic carbocycles. The number of hydrogen-bond donors (Lipinski definition) is 0. The third-order valence-corrected chi connectivity index (χ3v) is 10.8. The first-order chi connectivity index (χ1) is 23.1. The molecule has 0 radical (unpaired) electrons. The van der Waals surface area contributed by atoms with E-state index in [9.17, 15) is 0 Å². The summed E-state index contributed by atoms with van der Waals surface area (Å²) in [5, 5.41) is 5.04. The van der Waals surface area contributed by atoms with Gasteiger partial charge >= 0.3 is 6.85 Å². The van der Waals surface area contributed by atoms with E-state index in [4.69, 9.17) is 4.42 Å². The van der Waals surface area contributed by atoms with Crippen molar-refractivity contribution in [2.24, 2.45) is 0 Å². The van der Waals surface area contributed by atoms with Crippen LogP contribution in [0.3, 0.4) is 0 Å². The Hall–Kier alpha value is -5.22. The lowest BCUT2D eigenvalue weighted by molar-refractivity contribution is 0.590. The SMILES string of the molecule is CC(C)(C)c1ccc2c(c1)c1cc(C(C)(C)C)cc3c1n2B1c2ccccc2N(c2ccccc2)c2cc4oc5ccccc5c4c-3c21. The van der Waals surface area contributed by atoms with Crippen LogP contribution in [-0.4, -0.2) is 11.3 Å². The second kappa shape index (κ2) is 9.23. The second-order valence-corrected chi connectivity index (χ2v) is 15.8. The molecule has 3 nitrogen and oxygen atoms in total. The fourth-order valence-corrected chi connectivity index (χ4v) is 8.50. The maximum Gasteiger partial charge on any atom is 0.333 e. The molecule has 0 spiro atoms. The van der Waals surface area contributed by atoms with Crippen molar-refractivity contribution in [3.8, 4) is 11.1 Å². The Morgan fingerprint density at radius 2 is 1.29 bits per heavy atom. The van der Waals surface area contributed by atoms with E-state index in [1.54, 1.807) is 0 Å². The summed E-state index contributed by atoms with van der Waals surface area (Å²) in [6, 6.07) is 42.9. The molecule has 2 aliphatic heterocycles. The monoisotopic (exact) mass is 620 g/mol. The molecule has 10 rings (SSSR count). The van der Waals surface area contributed by atoms with Crippen LogP contribution >= 0.6 is 0 Å². The molecule has 4 heteroatoms. The van der Waals surface area contributed by atoms with Gasteiger partial charge in [0.05, 0.1) is 0 Å². The van der Waals surface area contributed by atoms with Crippen LogP contribution in [0, 0.1) is 0 Å². The van der Waals surface area contributed by atoms with Crippen molar-refractivity contribution in [1.82, 2.24) is 4.48 Å². The van der Waals surface area contributed by atoms with Crippen molar-refractivity contribution in [2.45, 2.75) is 52.4 Å². The highest BCUT2D eigenvalue weighted by Crippen LogP contribution is 2.50. The maximum atomic E-state index is 6.75.